The number of carboxylic acid groups (broad SMARTS) is 1. The molecule has 1 heterocycles. The van der Waals surface area contributed by atoms with Gasteiger partial charge in [0.25, 0.3) is 0 Å². The molecular formula is C14H18FNO2. The summed E-state index contributed by atoms with van der Waals surface area (Å²) in [5.74, 6) is -0.957. The van der Waals surface area contributed by atoms with Crippen LogP contribution in [0.3, 0.4) is 0 Å². The minimum absolute atomic E-state index is 0.213. The molecule has 1 aromatic carbocycles. The van der Waals surface area contributed by atoms with Crippen LogP contribution in [-0.2, 0) is 11.3 Å². The lowest BCUT2D eigenvalue weighted by Crippen LogP contribution is -2.29. The second-order valence-corrected chi connectivity index (χ2v) is 4.83. The van der Waals surface area contributed by atoms with Crippen molar-refractivity contribution in [1.29, 1.82) is 0 Å². The Kier molecular flexibility index (Phi) is 4.31. The number of likely N-dealkylation sites (tertiary alicyclic amines) is 1. The van der Waals surface area contributed by atoms with Crippen molar-refractivity contribution in [2.24, 2.45) is 0 Å². The van der Waals surface area contributed by atoms with Gasteiger partial charge in [0.05, 0.1) is 0 Å². The summed E-state index contributed by atoms with van der Waals surface area (Å²) in [4.78, 5) is 12.9. The van der Waals surface area contributed by atoms with Crippen LogP contribution in [0.1, 0.15) is 31.2 Å². The lowest BCUT2D eigenvalue weighted by molar-refractivity contribution is -0.137. The van der Waals surface area contributed by atoms with Crippen LogP contribution in [0.25, 0.3) is 0 Å². The largest absolute Gasteiger partial charge is 0.481 e. The molecule has 1 N–H and O–H groups in total. The summed E-state index contributed by atoms with van der Waals surface area (Å²) in [6.45, 7) is 1.68. The Morgan fingerprint density at radius 1 is 1.50 bits per heavy atom. The van der Waals surface area contributed by atoms with E-state index in [1.165, 1.54) is 6.07 Å². The first-order valence-electron chi connectivity index (χ1n) is 6.35. The van der Waals surface area contributed by atoms with Crippen LogP contribution in [0.2, 0.25) is 0 Å². The molecule has 1 unspecified atom stereocenters. The zero-order chi connectivity index (χ0) is 13.0. The highest BCUT2D eigenvalue weighted by molar-refractivity contribution is 5.66. The number of aliphatic carboxylic acids is 1. The van der Waals surface area contributed by atoms with Crippen LogP contribution in [0.4, 0.5) is 4.39 Å². The fraction of sp³-hybridized carbons (Fsp3) is 0.500. The van der Waals surface area contributed by atoms with Gasteiger partial charge < -0.3 is 5.11 Å². The van der Waals surface area contributed by atoms with Gasteiger partial charge in [-0.15, -0.1) is 0 Å². The maximum Gasteiger partial charge on any atom is 0.303 e. The number of rotatable bonds is 5. The number of benzene rings is 1. The Labute approximate surface area is 106 Å². The van der Waals surface area contributed by atoms with Gasteiger partial charge in [-0.2, -0.15) is 0 Å². The van der Waals surface area contributed by atoms with Gasteiger partial charge in [-0.1, -0.05) is 12.1 Å². The molecule has 0 spiro atoms. The first-order valence-corrected chi connectivity index (χ1v) is 6.35. The summed E-state index contributed by atoms with van der Waals surface area (Å²) in [5, 5.41) is 8.72. The zero-order valence-corrected chi connectivity index (χ0v) is 10.3. The quantitative estimate of drug-likeness (QED) is 0.874. The highest BCUT2D eigenvalue weighted by Crippen LogP contribution is 2.23. The van der Waals surface area contributed by atoms with Crippen LogP contribution in [0, 0.1) is 5.82 Å². The minimum Gasteiger partial charge on any atom is -0.481 e. The maximum absolute atomic E-state index is 13.1. The molecule has 3 nitrogen and oxygen atoms in total. The summed E-state index contributed by atoms with van der Waals surface area (Å²) >= 11 is 0. The van der Waals surface area contributed by atoms with Crippen molar-refractivity contribution in [1.82, 2.24) is 4.90 Å². The molecule has 1 aliphatic heterocycles. The summed E-state index contributed by atoms with van der Waals surface area (Å²) in [5.41, 5.74) is 0.956. The van der Waals surface area contributed by atoms with Crippen LogP contribution in [0.5, 0.6) is 0 Å². The molecule has 2 rings (SSSR count). The van der Waals surface area contributed by atoms with Gasteiger partial charge >= 0.3 is 5.97 Å². The summed E-state index contributed by atoms with van der Waals surface area (Å²) in [6.07, 6.45) is 3.04. The third-order valence-corrected chi connectivity index (χ3v) is 3.47. The third-order valence-electron chi connectivity index (χ3n) is 3.47. The molecule has 1 fully saturated rings. The first-order chi connectivity index (χ1) is 8.65. The first kappa shape index (κ1) is 13.0. The van der Waals surface area contributed by atoms with Crippen molar-refractivity contribution in [3.63, 3.8) is 0 Å². The van der Waals surface area contributed by atoms with E-state index in [9.17, 15) is 9.18 Å². The van der Waals surface area contributed by atoms with E-state index in [1.54, 1.807) is 12.1 Å². The van der Waals surface area contributed by atoms with Gasteiger partial charge in [-0.3, -0.25) is 9.69 Å². The van der Waals surface area contributed by atoms with Gasteiger partial charge in [-0.25, -0.2) is 4.39 Å². The lowest BCUT2D eigenvalue weighted by Gasteiger charge is -2.24. The Morgan fingerprint density at radius 2 is 2.33 bits per heavy atom. The second kappa shape index (κ2) is 5.96. The molecule has 0 bridgehead atoms. The molecule has 1 saturated heterocycles. The average Bonchev–Trinajstić information content (AvgIpc) is 2.74. The number of hydrogen-bond acceptors (Lipinski definition) is 2. The summed E-state index contributed by atoms with van der Waals surface area (Å²) in [6, 6.07) is 6.94. The molecule has 0 amide bonds. The standard InChI is InChI=1S/C14H18FNO2/c15-12-4-1-3-11(9-12)10-16-8-2-5-13(16)6-7-14(17)18/h1,3-4,9,13H,2,5-8,10H2,(H,17,18). The molecule has 1 atom stereocenters. The number of halogens is 1. The molecule has 0 aliphatic carbocycles. The summed E-state index contributed by atoms with van der Waals surface area (Å²) in [7, 11) is 0. The van der Waals surface area contributed by atoms with Crippen molar-refractivity contribution in [2.45, 2.75) is 38.3 Å². The highest BCUT2D eigenvalue weighted by Gasteiger charge is 2.24. The lowest BCUT2D eigenvalue weighted by atomic mass is 10.1. The van der Waals surface area contributed by atoms with Crippen LogP contribution >= 0.6 is 0 Å². The van der Waals surface area contributed by atoms with Crippen LogP contribution in [0.15, 0.2) is 24.3 Å². The summed E-state index contributed by atoms with van der Waals surface area (Å²) < 4.78 is 13.1. The van der Waals surface area contributed by atoms with Gasteiger partial charge in [-0.05, 0) is 43.5 Å². The molecule has 18 heavy (non-hydrogen) atoms. The topological polar surface area (TPSA) is 40.5 Å². The molecule has 1 aliphatic rings. The molecule has 0 aromatic heterocycles. The van der Waals surface area contributed by atoms with Crippen LogP contribution in [-0.4, -0.2) is 28.6 Å². The Balaban J connectivity index is 1.93. The Hall–Kier alpha value is -1.42. The van der Waals surface area contributed by atoms with E-state index in [0.29, 0.717) is 19.0 Å². The highest BCUT2D eigenvalue weighted by atomic mass is 19.1. The van der Waals surface area contributed by atoms with Gasteiger partial charge in [0.2, 0.25) is 0 Å². The zero-order valence-electron chi connectivity index (χ0n) is 10.3. The van der Waals surface area contributed by atoms with Crippen molar-refractivity contribution in [3.8, 4) is 0 Å². The maximum atomic E-state index is 13.1. The molecular weight excluding hydrogens is 233 g/mol. The average molecular weight is 251 g/mol. The van der Waals surface area contributed by atoms with E-state index >= 15 is 0 Å². The smallest absolute Gasteiger partial charge is 0.303 e. The van der Waals surface area contributed by atoms with E-state index in [-0.39, 0.29) is 12.2 Å². The SMILES string of the molecule is O=C(O)CCC1CCCN1Cc1cccc(F)c1. The van der Waals surface area contributed by atoms with Crippen molar-refractivity contribution < 1.29 is 14.3 Å². The normalized spacial score (nSPS) is 20.2. The van der Waals surface area contributed by atoms with Gasteiger partial charge in [0.15, 0.2) is 0 Å². The van der Waals surface area contributed by atoms with Crippen molar-refractivity contribution in [2.75, 3.05) is 6.54 Å². The number of carboxylic acids is 1. The number of nitrogens with zero attached hydrogens (tertiary/aromatic N) is 1. The Morgan fingerprint density at radius 3 is 3.06 bits per heavy atom. The number of hydrogen-bond donors (Lipinski definition) is 1. The fourth-order valence-electron chi connectivity index (χ4n) is 2.59. The van der Waals surface area contributed by atoms with Gasteiger partial charge in [0.1, 0.15) is 5.82 Å². The molecule has 0 radical (unpaired) electrons. The van der Waals surface area contributed by atoms with E-state index in [4.69, 9.17) is 5.11 Å². The van der Waals surface area contributed by atoms with E-state index in [1.807, 2.05) is 6.07 Å². The van der Waals surface area contributed by atoms with Crippen molar-refractivity contribution >= 4 is 5.97 Å². The minimum atomic E-state index is -0.743. The molecule has 1 aromatic rings. The predicted octanol–water partition coefficient (Wildman–Crippen LogP) is 2.65. The molecule has 4 heteroatoms. The third kappa shape index (κ3) is 3.53. The number of carbonyl (C=O) groups is 1. The van der Waals surface area contributed by atoms with E-state index in [0.717, 1.165) is 24.9 Å². The monoisotopic (exact) mass is 251 g/mol. The second-order valence-electron chi connectivity index (χ2n) is 4.83. The van der Waals surface area contributed by atoms with Crippen molar-refractivity contribution in [3.05, 3.63) is 35.6 Å². The molecule has 98 valence electrons. The predicted molar refractivity (Wildman–Crippen MR) is 66.7 cm³/mol. The molecule has 0 saturated carbocycles. The van der Waals surface area contributed by atoms with E-state index in [2.05, 4.69) is 4.90 Å². The Bertz CT molecular complexity index is 422. The van der Waals surface area contributed by atoms with Gasteiger partial charge in [0, 0.05) is 19.0 Å². The van der Waals surface area contributed by atoms with Crippen LogP contribution < -0.4 is 0 Å². The fourth-order valence-corrected chi connectivity index (χ4v) is 2.59. The van der Waals surface area contributed by atoms with E-state index < -0.39 is 5.97 Å².